The number of nitrogens with one attached hydrogen (secondary N) is 1. The summed E-state index contributed by atoms with van der Waals surface area (Å²) >= 11 is 0. The number of rotatable bonds is 6. The predicted molar refractivity (Wildman–Crippen MR) is 70.6 cm³/mol. The van der Waals surface area contributed by atoms with Crippen LogP contribution in [0.2, 0.25) is 0 Å². The molecule has 0 fully saturated rings. The van der Waals surface area contributed by atoms with Crippen LogP contribution in [0.15, 0.2) is 24.3 Å². The molecule has 102 valence electrons. The third-order valence-corrected chi connectivity index (χ3v) is 2.73. The number of hydrogen-bond acceptors (Lipinski definition) is 4. The van der Waals surface area contributed by atoms with E-state index in [4.69, 9.17) is 15.1 Å². The van der Waals surface area contributed by atoms with Gasteiger partial charge in [-0.3, -0.25) is 4.79 Å². The van der Waals surface area contributed by atoms with Crippen molar-refractivity contribution in [2.45, 2.75) is 32.4 Å². The molecule has 5 heteroatoms. The lowest BCUT2D eigenvalue weighted by atomic mass is 10.2. The maximum absolute atomic E-state index is 11.8. The standard InChI is InChI=1S/C14H18N2O3/c1-3-12(9-17)16-14(18)10(2)19-13-6-4-11(8-15)5-7-13/h4-7,10,12,17H,3,9H2,1-2H3,(H,16,18)/t10?,12-/m0/s1. The molecule has 0 aromatic heterocycles. The fraction of sp³-hybridized carbons (Fsp3) is 0.429. The van der Waals surface area contributed by atoms with Crippen molar-refractivity contribution in [2.75, 3.05) is 6.61 Å². The third-order valence-electron chi connectivity index (χ3n) is 2.73. The number of benzene rings is 1. The van der Waals surface area contributed by atoms with E-state index >= 15 is 0 Å². The molecule has 2 atom stereocenters. The van der Waals surface area contributed by atoms with Crippen molar-refractivity contribution >= 4 is 5.91 Å². The molecule has 1 rings (SSSR count). The molecule has 1 unspecified atom stereocenters. The minimum absolute atomic E-state index is 0.0914. The van der Waals surface area contributed by atoms with Crippen molar-refractivity contribution in [3.63, 3.8) is 0 Å². The molecule has 1 amide bonds. The van der Waals surface area contributed by atoms with E-state index < -0.39 is 6.10 Å². The normalized spacial score (nSPS) is 13.2. The first-order chi connectivity index (χ1) is 9.10. The molecular weight excluding hydrogens is 244 g/mol. The number of hydrogen-bond donors (Lipinski definition) is 2. The van der Waals surface area contributed by atoms with Gasteiger partial charge in [0.15, 0.2) is 6.10 Å². The van der Waals surface area contributed by atoms with Gasteiger partial charge in [-0.05, 0) is 37.6 Å². The van der Waals surface area contributed by atoms with Crippen LogP contribution in [0.5, 0.6) is 5.75 Å². The molecular formula is C14H18N2O3. The van der Waals surface area contributed by atoms with Gasteiger partial charge in [-0.1, -0.05) is 6.92 Å². The summed E-state index contributed by atoms with van der Waals surface area (Å²) in [5, 5.41) is 20.4. The summed E-state index contributed by atoms with van der Waals surface area (Å²) in [6.07, 6.45) is -0.000205. The first kappa shape index (κ1) is 15.0. The first-order valence-electron chi connectivity index (χ1n) is 6.18. The maximum Gasteiger partial charge on any atom is 0.261 e. The summed E-state index contributed by atoms with van der Waals surface area (Å²) in [6.45, 7) is 3.43. The molecule has 0 saturated heterocycles. The lowest BCUT2D eigenvalue weighted by Crippen LogP contribution is -2.43. The molecule has 0 radical (unpaired) electrons. The number of aliphatic hydroxyl groups excluding tert-OH is 1. The van der Waals surface area contributed by atoms with Gasteiger partial charge in [-0.2, -0.15) is 5.26 Å². The van der Waals surface area contributed by atoms with Crippen molar-refractivity contribution in [3.05, 3.63) is 29.8 Å². The van der Waals surface area contributed by atoms with E-state index in [1.165, 1.54) is 0 Å². The van der Waals surface area contributed by atoms with E-state index in [1.54, 1.807) is 31.2 Å². The Hall–Kier alpha value is -2.06. The Morgan fingerprint density at radius 2 is 2.11 bits per heavy atom. The van der Waals surface area contributed by atoms with E-state index in [-0.39, 0.29) is 18.6 Å². The quantitative estimate of drug-likeness (QED) is 0.807. The van der Waals surface area contributed by atoms with Gasteiger partial charge in [0.1, 0.15) is 5.75 Å². The maximum atomic E-state index is 11.8. The molecule has 1 aromatic carbocycles. The highest BCUT2D eigenvalue weighted by atomic mass is 16.5. The molecule has 0 bridgehead atoms. The highest BCUT2D eigenvalue weighted by Gasteiger charge is 2.17. The Kier molecular flexibility index (Phi) is 5.83. The second-order valence-corrected chi connectivity index (χ2v) is 4.19. The third kappa shape index (κ3) is 4.60. The van der Waals surface area contributed by atoms with Gasteiger partial charge in [0.25, 0.3) is 5.91 Å². The number of amides is 1. The van der Waals surface area contributed by atoms with E-state index in [2.05, 4.69) is 5.32 Å². The van der Waals surface area contributed by atoms with Crippen LogP contribution in [0.4, 0.5) is 0 Å². The topological polar surface area (TPSA) is 82.3 Å². The minimum Gasteiger partial charge on any atom is -0.481 e. The molecule has 19 heavy (non-hydrogen) atoms. The Balaban J connectivity index is 2.56. The average Bonchev–Trinajstić information content (AvgIpc) is 2.45. The second-order valence-electron chi connectivity index (χ2n) is 4.19. The number of nitriles is 1. The van der Waals surface area contributed by atoms with Gasteiger partial charge in [0.05, 0.1) is 24.3 Å². The fourth-order valence-corrected chi connectivity index (χ4v) is 1.46. The highest BCUT2D eigenvalue weighted by Crippen LogP contribution is 2.13. The predicted octanol–water partition coefficient (Wildman–Crippen LogP) is 1.21. The summed E-state index contributed by atoms with van der Waals surface area (Å²) < 4.78 is 5.46. The van der Waals surface area contributed by atoms with Gasteiger partial charge >= 0.3 is 0 Å². The molecule has 0 saturated carbocycles. The van der Waals surface area contributed by atoms with Crippen LogP contribution < -0.4 is 10.1 Å². The van der Waals surface area contributed by atoms with Gasteiger partial charge < -0.3 is 15.2 Å². The summed E-state index contributed by atoms with van der Waals surface area (Å²) in [6, 6.07) is 8.30. The molecule has 0 aliphatic heterocycles. The highest BCUT2D eigenvalue weighted by molar-refractivity contribution is 5.81. The van der Waals surface area contributed by atoms with E-state index in [0.717, 1.165) is 0 Å². The van der Waals surface area contributed by atoms with E-state index in [9.17, 15) is 4.79 Å². The van der Waals surface area contributed by atoms with Crippen molar-refractivity contribution in [2.24, 2.45) is 0 Å². The molecule has 2 N–H and O–H groups in total. The van der Waals surface area contributed by atoms with Crippen molar-refractivity contribution in [1.82, 2.24) is 5.32 Å². The summed E-state index contributed by atoms with van der Waals surface area (Å²) in [5.41, 5.74) is 0.538. The average molecular weight is 262 g/mol. The minimum atomic E-state index is -0.659. The summed E-state index contributed by atoms with van der Waals surface area (Å²) in [7, 11) is 0. The van der Waals surface area contributed by atoms with Crippen LogP contribution in [0.3, 0.4) is 0 Å². The molecule has 5 nitrogen and oxygen atoms in total. The van der Waals surface area contributed by atoms with Crippen LogP contribution in [-0.2, 0) is 4.79 Å². The lowest BCUT2D eigenvalue weighted by molar-refractivity contribution is -0.128. The zero-order chi connectivity index (χ0) is 14.3. The Labute approximate surface area is 112 Å². The first-order valence-corrected chi connectivity index (χ1v) is 6.18. The number of carbonyl (C=O) groups is 1. The van der Waals surface area contributed by atoms with Gasteiger partial charge in [0.2, 0.25) is 0 Å². The Bertz CT molecular complexity index is 447. The molecule has 0 aliphatic carbocycles. The van der Waals surface area contributed by atoms with Crippen molar-refractivity contribution in [3.8, 4) is 11.8 Å². The van der Waals surface area contributed by atoms with E-state index in [0.29, 0.717) is 17.7 Å². The summed E-state index contributed by atoms with van der Waals surface area (Å²) in [5.74, 6) is 0.254. The van der Waals surface area contributed by atoms with Gasteiger partial charge in [-0.25, -0.2) is 0 Å². The lowest BCUT2D eigenvalue weighted by Gasteiger charge is -2.19. The molecule has 0 spiro atoms. The molecule has 0 heterocycles. The van der Waals surface area contributed by atoms with Gasteiger partial charge in [-0.15, -0.1) is 0 Å². The fourth-order valence-electron chi connectivity index (χ4n) is 1.46. The number of carbonyl (C=O) groups excluding carboxylic acids is 1. The number of nitrogens with zero attached hydrogens (tertiary/aromatic N) is 1. The Morgan fingerprint density at radius 3 is 2.58 bits per heavy atom. The second kappa shape index (κ2) is 7.39. The van der Waals surface area contributed by atoms with Crippen LogP contribution in [-0.4, -0.2) is 29.8 Å². The zero-order valence-corrected chi connectivity index (χ0v) is 11.1. The van der Waals surface area contributed by atoms with E-state index in [1.807, 2.05) is 13.0 Å². The molecule has 1 aromatic rings. The van der Waals surface area contributed by atoms with Crippen molar-refractivity contribution < 1.29 is 14.6 Å². The smallest absolute Gasteiger partial charge is 0.261 e. The van der Waals surface area contributed by atoms with Gasteiger partial charge in [0, 0.05) is 0 Å². The van der Waals surface area contributed by atoms with Crippen LogP contribution in [0.25, 0.3) is 0 Å². The number of aliphatic hydroxyl groups is 1. The molecule has 0 aliphatic rings. The van der Waals surface area contributed by atoms with Crippen LogP contribution in [0.1, 0.15) is 25.8 Å². The zero-order valence-electron chi connectivity index (χ0n) is 11.1. The van der Waals surface area contributed by atoms with Crippen LogP contribution >= 0.6 is 0 Å². The number of ether oxygens (including phenoxy) is 1. The largest absolute Gasteiger partial charge is 0.481 e. The summed E-state index contributed by atoms with van der Waals surface area (Å²) in [4.78, 5) is 11.8. The van der Waals surface area contributed by atoms with Crippen LogP contribution in [0, 0.1) is 11.3 Å². The monoisotopic (exact) mass is 262 g/mol. The van der Waals surface area contributed by atoms with Crippen molar-refractivity contribution in [1.29, 1.82) is 5.26 Å². The SMILES string of the molecule is CC[C@@H](CO)NC(=O)C(C)Oc1ccc(C#N)cc1. The Morgan fingerprint density at radius 1 is 1.47 bits per heavy atom.